The first kappa shape index (κ1) is 19.2. The van der Waals surface area contributed by atoms with Crippen molar-refractivity contribution in [2.75, 3.05) is 6.54 Å². The summed E-state index contributed by atoms with van der Waals surface area (Å²) in [6, 6.07) is 16.9. The second-order valence-corrected chi connectivity index (χ2v) is 7.27. The van der Waals surface area contributed by atoms with Crippen LogP contribution in [-0.2, 0) is 13.0 Å². The lowest BCUT2D eigenvalue weighted by Gasteiger charge is -2.05. The molecule has 1 amide bonds. The molecule has 0 atom stereocenters. The first-order chi connectivity index (χ1) is 14.1. The molecule has 0 unspecified atom stereocenters. The number of para-hydroxylation sites is 1. The van der Waals surface area contributed by atoms with Crippen molar-refractivity contribution in [1.82, 2.24) is 14.9 Å². The van der Waals surface area contributed by atoms with Crippen LogP contribution in [0.1, 0.15) is 21.5 Å². The van der Waals surface area contributed by atoms with Gasteiger partial charge in [0, 0.05) is 41.4 Å². The second kappa shape index (κ2) is 8.45. The number of amides is 1. The number of nitrogens with one attached hydrogen (secondary N) is 1. The average molecular weight is 408 g/mol. The maximum absolute atomic E-state index is 13.2. The van der Waals surface area contributed by atoms with Gasteiger partial charge >= 0.3 is 0 Å². The quantitative estimate of drug-likeness (QED) is 0.496. The van der Waals surface area contributed by atoms with Gasteiger partial charge in [-0.25, -0.2) is 4.39 Å². The highest BCUT2D eigenvalue weighted by Gasteiger charge is 2.15. The number of halogens is 2. The summed E-state index contributed by atoms with van der Waals surface area (Å²) >= 11 is 5.97. The summed E-state index contributed by atoms with van der Waals surface area (Å²) in [4.78, 5) is 16.6. The topological polar surface area (TPSA) is 46.9 Å². The Hall–Kier alpha value is -3.18. The maximum atomic E-state index is 13.2. The van der Waals surface area contributed by atoms with Gasteiger partial charge < -0.3 is 9.88 Å². The van der Waals surface area contributed by atoms with Crippen LogP contribution in [0.3, 0.4) is 0 Å². The van der Waals surface area contributed by atoms with Gasteiger partial charge in [0.1, 0.15) is 5.82 Å². The van der Waals surface area contributed by atoms with E-state index in [0.29, 0.717) is 30.1 Å². The van der Waals surface area contributed by atoms with Gasteiger partial charge in [0.05, 0.1) is 11.8 Å². The summed E-state index contributed by atoms with van der Waals surface area (Å²) in [7, 11) is 0. The van der Waals surface area contributed by atoms with Gasteiger partial charge in [-0.1, -0.05) is 41.9 Å². The molecule has 0 aliphatic heterocycles. The highest BCUT2D eigenvalue weighted by atomic mass is 35.5. The molecular weight excluding hydrogens is 389 g/mol. The molecule has 0 aliphatic carbocycles. The van der Waals surface area contributed by atoms with Crippen LogP contribution < -0.4 is 5.32 Å². The number of aromatic nitrogens is 2. The van der Waals surface area contributed by atoms with E-state index in [1.165, 1.54) is 6.07 Å². The molecule has 4 nitrogen and oxygen atoms in total. The summed E-state index contributed by atoms with van der Waals surface area (Å²) < 4.78 is 15.3. The molecule has 4 rings (SSSR count). The van der Waals surface area contributed by atoms with E-state index < -0.39 is 0 Å². The molecule has 0 aliphatic rings. The highest BCUT2D eigenvalue weighted by Crippen LogP contribution is 2.23. The zero-order valence-corrected chi connectivity index (χ0v) is 16.4. The molecule has 0 spiro atoms. The van der Waals surface area contributed by atoms with Crippen molar-refractivity contribution in [3.8, 4) is 0 Å². The van der Waals surface area contributed by atoms with Gasteiger partial charge in [-0.3, -0.25) is 9.78 Å². The summed E-state index contributed by atoms with van der Waals surface area (Å²) in [6.45, 7) is 1.04. The normalized spacial score (nSPS) is 11.0. The molecule has 29 heavy (non-hydrogen) atoms. The Bertz CT molecular complexity index is 1150. The van der Waals surface area contributed by atoms with Crippen LogP contribution in [0.25, 0.3) is 10.9 Å². The van der Waals surface area contributed by atoms with Gasteiger partial charge in [-0.15, -0.1) is 0 Å². The van der Waals surface area contributed by atoms with E-state index >= 15 is 0 Å². The number of pyridine rings is 1. The number of rotatable bonds is 6. The molecule has 0 saturated carbocycles. The molecule has 2 aromatic carbocycles. The van der Waals surface area contributed by atoms with E-state index in [0.717, 1.165) is 28.2 Å². The predicted molar refractivity (Wildman–Crippen MR) is 113 cm³/mol. The fourth-order valence-electron chi connectivity index (χ4n) is 3.35. The Labute approximate surface area is 173 Å². The predicted octanol–water partition coefficient (Wildman–Crippen LogP) is 4.85. The third-order valence-electron chi connectivity index (χ3n) is 4.76. The minimum atomic E-state index is -0.376. The van der Waals surface area contributed by atoms with E-state index in [9.17, 15) is 9.18 Å². The average Bonchev–Trinajstić information content (AvgIpc) is 3.08. The Kier molecular flexibility index (Phi) is 5.58. The molecule has 1 N–H and O–H groups in total. The lowest BCUT2D eigenvalue weighted by Crippen LogP contribution is -2.25. The zero-order chi connectivity index (χ0) is 20.2. The van der Waals surface area contributed by atoms with Crippen LogP contribution in [0.15, 0.2) is 73.2 Å². The monoisotopic (exact) mass is 407 g/mol. The smallest absolute Gasteiger partial charge is 0.253 e. The lowest BCUT2D eigenvalue weighted by molar-refractivity contribution is 0.0955. The van der Waals surface area contributed by atoms with Crippen LogP contribution >= 0.6 is 11.6 Å². The molecule has 2 heterocycles. The largest absolute Gasteiger partial charge is 0.352 e. The number of fused-ring (bicyclic) bond motifs is 1. The Balaban J connectivity index is 1.52. The van der Waals surface area contributed by atoms with Gasteiger partial charge in [0.25, 0.3) is 5.91 Å². The van der Waals surface area contributed by atoms with Gasteiger partial charge in [0.2, 0.25) is 0 Å². The lowest BCUT2D eigenvalue weighted by atomic mass is 10.1. The maximum Gasteiger partial charge on any atom is 0.253 e. The fraction of sp³-hybridized carbons (Fsp3) is 0.130. The van der Waals surface area contributed by atoms with Crippen molar-refractivity contribution < 1.29 is 9.18 Å². The van der Waals surface area contributed by atoms with Crippen molar-refractivity contribution in [2.45, 2.75) is 13.0 Å². The van der Waals surface area contributed by atoms with Crippen LogP contribution in [0.5, 0.6) is 0 Å². The van der Waals surface area contributed by atoms with Gasteiger partial charge in [-0.2, -0.15) is 0 Å². The number of hydrogen-bond donors (Lipinski definition) is 1. The molecule has 0 fully saturated rings. The van der Waals surface area contributed by atoms with Crippen molar-refractivity contribution in [1.29, 1.82) is 0 Å². The number of nitrogens with zero attached hydrogens (tertiary/aromatic N) is 2. The summed E-state index contributed by atoms with van der Waals surface area (Å²) in [5.41, 5.74) is 3.45. The number of carbonyl (C=O) groups is 1. The Morgan fingerprint density at radius 2 is 1.86 bits per heavy atom. The summed E-state index contributed by atoms with van der Waals surface area (Å²) in [5, 5.41) is 4.51. The van der Waals surface area contributed by atoms with Crippen LogP contribution in [-0.4, -0.2) is 22.0 Å². The van der Waals surface area contributed by atoms with Crippen LogP contribution in [0.2, 0.25) is 5.02 Å². The Morgan fingerprint density at radius 1 is 1.07 bits per heavy atom. The fourth-order valence-corrected chi connectivity index (χ4v) is 3.48. The minimum Gasteiger partial charge on any atom is -0.352 e. The first-order valence-corrected chi connectivity index (χ1v) is 9.68. The van der Waals surface area contributed by atoms with Crippen molar-refractivity contribution in [3.63, 3.8) is 0 Å². The zero-order valence-electron chi connectivity index (χ0n) is 15.6. The molecule has 146 valence electrons. The molecule has 0 radical (unpaired) electrons. The molecule has 4 aromatic rings. The van der Waals surface area contributed by atoms with E-state index in [1.807, 2.05) is 54.7 Å². The molecule has 0 bridgehead atoms. The molecule has 6 heteroatoms. The number of hydrogen-bond acceptors (Lipinski definition) is 2. The summed E-state index contributed by atoms with van der Waals surface area (Å²) in [6.07, 6.45) is 5.16. The highest BCUT2D eigenvalue weighted by molar-refractivity contribution is 6.30. The van der Waals surface area contributed by atoms with Gasteiger partial charge in [0.15, 0.2) is 0 Å². The van der Waals surface area contributed by atoms with E-state index in [-0.39, 0.29) is 11.7 Å². The molecule has 0 saturated heterocycles. The molecular formula is C23H19ClFN3O. The standard InChI is InChI=1S/C23H19ClFN3O/c24-18-7-5-16(6-8-18)14-28-15-21(20-3-1-2-4-22(20)28)23(29)27-10-9-17-11-19(25)13-26-12-17/h1-8,11-13,15H,9-10,14H2,(H,27,29). The Morgan fingerprint density at radius 3 is 2.66 bits per heavy atom. The first-order valence-electron chi connectivity index (χ1n) is 9.30. The van der Waals surface area contributed by atoms with Gasteiger partial charge in [-0.05, 0) is 41.8 Å². The van der Waals surface area contributed by atoms with E-state index in [4.69, 9.17) is 11.6 Å². The van der Waals surface area contributed by atoms with Crippen LogP contribution in [0.4, 0.5) is 4.39 Å². The third-order valence-corrected chi connectivity index (χ3v) is 5.01. The van der Waals surface area contributed by atoms with E-state index in [1.54, 1.807) is 6.20 Å². The van der Waals surface area contributed by atoms with Crippen molar-refractivity contribution in [2.24, 2.45) is 0 Å². The second-order valence-electron chi connectivity index (χ2n) is 6.83. The van der Waals surface area contributed by atoms with Crippen molar-refractivity contribution >= 4 is 28.4 Å². The minimum absolute atomic E-state index is 0.152. The summed E-state index contributed by atoms with van der Waals surface area (Å²) in [5.74, 6) is -0.528. The molecule has 2 aromatic heterocycles. The number of carbonyl (C=O) groups excluding carboxylic acids is 1. The van der Waals surface area contributed by atoms with Crippen molar-refractivity contribution in [3.05, 3.63) is 101 Å². The van der Waals surface area contributed by atoms with Crippen LogP contribution in [0, 0.1) is 5.82 Å². The van der Waals surface area contributed by atoms with E-state index in [2.05, 4.69) is 14.9 Å². The number of benzene rings is 2. The third kappa shape index (κ3) is 4.46. The SMILES string of the molecule is O=C(NCCc1cncc(F)c1)c1cn(Cc2ccc(Cl)cc2)c2ccccc12.